The topological polar surface area (TPSA) is 132 Å². The molecule has 1 aromatic carbocycles. The van der Waals surface area contributed by atoms with Crippen LogP contribution in [0.4, 0.5) is 22.0 Å². The molecule has 0 fully saturated rings. The number of nitrogens with one attached hydrogen (secondary N) is 1. The minimum absolute atomic E-state index is 0.00926. The van der Waals surface area contributed by atoms with Crippen LogP contribution in [0.2, 0.25) is 0 Å². The fourth-order valence-electron chi connectivity index (χ4n) is 3.39. The summed E-state index contributed by atoms with van der Waals surface area (Å²) in [5, 5.41) is 25.9. The highest BCUT2D eigenvalue weighted by molar-refractivity contribution is 5.73. The van der Waals surface area contributed by atoms with Crippen molar-refractivity contribution in [1.29, 1.82) is 0 Å². The van der Waals surface area contributed by atoms with Crippen LogP contribution in [0, 0.1) is 0 Å². The van der Waals surface area contributed by atoms with Crippen LogP contribution < -0.4 is 5.32 Å². The van der Waals surface area contributed by atoms with Crippen LogP contribution in [0.3, 0.4) is 0 Å². The Balaban J connectivity index is 0.000000405. The number of aliphatic carboxylic acids is 1. The maximum atomic E-state index is 12.6. The molecular formula is C22H18F5N7O3. The second-order valence-corrected chi connectivity index (χ2v) is 7.80. The minimum Gasteiger partial charge on any atom is -0.475 e. The Kier molecular flexibility index (Phi) is 7.52. The number of aromatic nitrogens is 6. The first-order valence-electron chi connectivity index (χ1n) is 10.7. The van der Waals surface area contributed by atoms with E-state index >= 15 is 0 Å². The summed E-state index contributed by atoms with van der Waals surface area (Å²) in [6, 6.07) is 9.82. The molecule has 2 N–H and O–H groups in total. The third-order valence-electron chi connectivity index (χ3n) is 5.19. The first-order valence-corrected chi connectivity index (χ1v) is 10.7. The Morgan fingerprint density at radius 1 is 1.11 bits per heavy atom. The van der Waals surface area contributed by atoms with Gasteiger partial charge in [-0.1, -0.05) is 17.3 Å². The molecule has 0 atom stereocenters. The summed E-state index contributed by atoms with van der Waals surface area (Å²) in [5.74, 6) is -3.45. The van der Waals surface area contributed by atoms with Crippen molar-refractivity contribution in [2.24, 2.45) is 0 Å². The lowest BCUT2D eigenvalue weighted by Crippen LogP contribution is -2.23. The Hall–Kier alpha value is -4.27. The lowest BCUT2D eigenvalue weighted by atomic mass is 9.97. The van der Waals surface area contributed by atoms with Crippen molar-refractivity contribution in [3.05, 3.63) is 65.4 Å². The standard InChI is InChI=1S/C20H17F2N7O.C2HF3O2/c21-18(22)20-27-26-19(30-20)15-3-4-16(24-9-15)10-29-11-17(25-28-29)13-1-2-14-8-23-6-5-12(14)7-13;3-2(4,5)1(6)7/h1-4,7,9,11,18,23H,5-6,8,10H2;(H,6,7). The summed E-state index contributed by atoms with van der Waals surface area (Å²) in [7, 11) is 0. The van der Waals surface area contributed by atoms with Gasteiger partial charge in [0, 0.05) is 18.3 Å². The van der Waals surface area contributed by atoms with Gasteiger partial charge in [0.05, 0.1) is 24.0 Å². The molecule has 4 heterocycles. The highest BCUT2D eigenvalue weighted by Crippen LogP contribution is 2.24. The number of benzene rings is 1. The quantitative estimate of drug-likeness (QED) is 0.376. The number of hydrogen-bond acceptors (Lipinski definition) is 8. The monoisotopic (exact) mass is 523 g/mol. The Morgan fingerprint density at radius 2 is 1.86 bits per heavy atom. The number of halogens is 5. The highest BCUT2D eigenvalue weighted by Gasteiger charge is 2.38. The summed E-state index contributed by atoms with van der Waals surface area (Å²) in [4.78, 5) is 13.2. The second-order valence-electron chi connectivity index (χ2n) is 7.80. The number of nitrogens with zero attached hydrogens (tertiary/aromatic N) is 6. The average molecular weight is 523 g/mol. The van der Waals surface area contributed by atoms with Crippen molar-refractivity contribution in [1.82, 2.24) is 35.5 Å². The van der Waals surface area contributed by atoms with Crippen molar-refractivity contribution >= 4 is 5.97 Å². The van der Waals surface area contributed by atoms with Gasteiger partial charge < -0.3 is 14.8 Å². The number of rotatable bonds is 5. The van der Waals surface area contributed by atoms with Crippen molar-refractivity contribution < 1.29 is 36.3 Å². The third-order valence-corrected chi connectivity index (χ3v) is 5.19. The van der Waals surface area contributed by atoms with E-state index in [1.807, 2.05) is 6.20 Å². The van der Waals surface area contributed by atoms with Gasteiger partial charge in [-0.25, -0.2) is 9.48 Å². The molecule has 1 aliphatic heterocycles. The molecule has 194 valence electrons. The van der Waals surface area contributed by atoms with E-state index in [1.165, 1.54) is 17.3 Å². The lowest BCUT2D eigenvalue weighted by molar-refractivity contribution is -0.192. The van der Waals surface area contributed by atoms with Crippen molar-refractivity contribution in [2.45, 2.75) is 32.1 Å². The molecule has 0 aliphatic carbocycles. The molecular weight excluding hydrogens is 505 g/mol. The smallest absolute Gasteiger partial charge is 0.475 e. The van der Waals surface area contributed by atoms with Crippen LogP contribution in [0.5, 0.6) is 0 Å². The number of pyridine rings is 1. The van der Waals surface area contributed by atoms with E-state index in [0.717, 1.165) is 36.5 Å². The zero-order chi connectivity index (χ0) is 26.6. The molecule has 0 spiro atoms. The molecule has 0 bridgehead atoms. The molecule has 0 radical (unpaired) electrons. The van der Waals surface area contributed by atoms with E-state index in [9.17, 15) is 22.0 Å². The van der Waals surface area contributed by atoms with E-state index in [0.29, 0.717) is 12.1 Å². The van der Waals surface area contributed by atoms with Gasteiger partial charge >= 0.3 is 18.6 Å². The van der Waals surface area contributed by atoms with Crippen LogP contribution >= 0.6 is 0 Å². The fraction of sp³-hybridized carbons (Fsp3) is 0.273. The van der Waals surface area contributed by atoms with Crippen molar-refractivity contribution in [3.8, 4) is 22.7 Å². The minimum atomic E-state index is -5.08. The number of fused-ring (bicyclic) bond motifs is 1. The van der Waals surface area contributed by atoms with E-state index in [1.54, 1.807) is 16.8 Å². The Morgan fingerprint density at radius 3 is 2.51 bits per heavy atom. The molecule has 4 aromatic rings. The molecule has 0 amide bonds. The zero-order valence-electron chi connectivity index (χ0n) is 18.8. The van der Waals surface area contributed by atoms with Crippen LogP contribution in [-0.2, 0) is 24.3 Å². The van der Waals surface area contributed by atoms with E-state index in [2.05, 4.69) is 49.0 Å². The maximum Gasteiger partial charge on any atom is 0.490 e. The van der Waals surface area contributed by atoms with Crippen molar-refractivity contribution in [2.75, 3.05) is 6.54 Å². The van der Waals surface area contributed by atoms with Crippen LogP contribution in [0.15, 0.2) is 47.1 Å². The molecule has 0 saturated heterocycles. The summed E-state index contributed by atoms with van der Waals surface area (Å²) >= 11 is 0. The largest absolute Gasteiger partial charge is 0.490 e. The Bertz CT molecular complexity index is 1370. The molecule has 0 saturated carbocycles. The highest BCUT2D eigenvalue weighted by atomic mass is 19.4. The van der Waals surface area contributed by atoms with Gasteiger partial charge in [-0.2, -0.15) is 22.0 Å². The van der Waals surface area contributed by atoms with E-state index in [-0.39, 0.29) is 5.89 Å². The zero-order valence-corrected chi connectivity index (χ0v) is 18.8. The number of alkyl halides is 5. The molecule has 0 unspecified atom stereocenters. The number of hydrogen-bond donors (Lipinski definition) is 2. The first-order chi connectivity index (χ1) is 17.6. The molecule has 37 heavy (non-hydrogen) atoms. The first kappa shape index (κ1) is 25.8. The van der Waals surface area contributed by atoms with Gasteiger partial charge in [-0.05, 0) is 42.3 Å². The SMILES string of the molecule is FC(F)c1nnc(-c2ccc(Cn3cc(-c4ccc5c(c4)CCNC5)nn3)nc2)o1.O=C(O)C(F)(F)F. The van der Waals surface area contributed by atoms with Crippen LogP contribution in [0.25, 0.3) is 22.7 Å². The molecule has 10 nitrogen and oxygen atoms in total. The number of carbonyl (C=O) groups is 1. The molecule has 1 aliphatic rings. The molecule has 3 aromatic heterocycles. The molecule has 5 rings (SSSR count). The average Bonchev–Trinajstić information content (AvgIpc) is 3.55. The lowest BCUT2D eigenvalue weighted by Gasteiger charge is -2.17. The van der Waals surface area contributed by atoms with Gasteiger partial charge in [0.25, 0.3) is 5.89 Å². The summed E-state index contributed by atoms with van der Waals surface area (Å²) in [6.07, 6.45) is -3.49. The third kappa shape index (κ3) is 6.49. The fourth-order valence-corrected chi connectivity index (χ4v) is 3.39. The summed E-state index contributed by atoms with van der Waals surface area (Å²) < 4.78 is 63.5. The summed E-state index contributed by atoms with van der Waals surface area (Å²) in [6.45, 7) is 2.31. The maximum absolute atomic E-state index is 12.6. The van der Waals surface area contributed by atoms with Crippen molar-refractivity contribution in [3.63, 3.8) is 0 Å². The van der Waals surface area contributed by atoms with Gasteiger partial charge in [0.2, 0.25) is 5.89 Å². The predicted molar refractivity (Wildman–Crippen MR) is 116 cm³/mol. The predicted octanol–water partition coefficient (Wildman–Crippen LogP) is 3.66. The van der Waals surface area contributed by atoms with E-state index < -0.39 is 24.5 Å². The van der Waals surface area contributed by atoms with Gasteiger partial charge in [0.15, 0.2) is 0 Å². The van der Waals surface area contributed by atoms with Crippen LogP contribution in [0.1, 0.15) is 29.1 Å². The van der Waals surface area contributed by atoms with Gasteiger partial charge in [-0.3, -0.25) is 4.98 Å². The Labute approximate surface area is 205 Å². The second kappa shape index (κ2) is 10.8. The van der Waals surface area contributed by atoms with Crippen LogP contribution in [-0.4, -0.2) is 54.0 Å². The normalized spacial score (nSPS) is 13.1. The number of carboxylic acid groups (broad SMARTS) is 1. The number of carboxylic acids is 1. The summed E-state index contributed by atoms with van der Waals surface area (Å²) in [5.41, 5.74) is 5.72. The van der Waals surface area contributed by atoms with Gasteiger partial charge in [-0.15, -0.1) is 15.3 Å². The van der Waals surface area contributed by atoms with E-state index in [4.69, 9.17) is 14.3 Å². The van der Waals surface area contributed by atoms with Gasteiger partial charge in [0.1, 0.15) is 5.69 Å². The molecule has 15 heteroatoms.